The van der Waals surface area contributed by atoms with Gasteiger partial charge in [0.2, 0.25) is 11.8 Å². The van der Waals surface area contributed by atoms with Crippen molar-refractivity contribution in [1.29, 1.82) is 0 Å². The van der Waals surface area contributed by atoms with Crippen LogP contribution < -0.4 is 5.32 Å². The number of aromatic nitrogens is 5. The van der Waals surface area contributed by atoms with Crippen LogP contribution in [0.2, 0.25) is 0 Å². The molecule has 0 spiro atoms. The van der Waals surface area contributed by atoms with Crippen LogP contribution in [0, 0.1) is 11.7 Å². The van der Waals surface area contributed by atoms with Gasteiger partial charge in [-0.3, -0.25) is 14.5 Å². The van der Waals surface area contributed by atoms with Gasteiger partial charge in [0, 0.05) is 22.7 Å². The van der Waals surface area contributed by atoms with E-state index >= 15 is 0 Å². The molecule has 1 amide bonds. The zero-order chi connectivity index (χ0) is 21.4. The Morgan fingerprint density at radius 2 is 1.90 bits per heavy atom. The number of hydrogen-bond acceptors (Lipinski definition) is 6. The number of carbonyl (C=O) groups is 1. The van der Waals surface area contributed by atoms with Gasteiger partial charge in [0.1, 0.15) is 0 Å². The zero-order valence-corrected chi connectivity index (χ0v) is 17.6. The van der Waals surface area contributed by atoms with Crippen LogP contribution in [0.3, 0.4) is 0 Å². The van der Waals surface area contributed by atoms with Crippen LogP contribution in [0.1, 0.15) is 40.6 Å². The van der Waals surface area contributed by atoms with Crippen LogP contribution in [0.5, 0.6) is 0 Å². The van der Waals surface area contributed by atoms with Crippen LogP contribution in [0.25, 0.3) is 22.9 Å². The third-order valence-electron chi connectivity index (χ3n) is 5.18. The number of H-pyrrole nitrogens is 1. The molecule has 0 bridgehead atoms. The number of benzene rings is 2. The average molecular weight is 433 g/mol. The van der Waals surface area contributed by atoms with Crippen molar-refractivity contribution in [2.45, 2.75) is 32.4 Å². The topological polar surface area (TPSA) is 102 Å². The van der Waals surface area contributed by atoms with Gasteiger partial charge in [-0.1, -0.05) is 17.7 Å². The Bertz CT molecular complexity index is 1300. The first-order chi connectivity index (χ1) is 15.1. The number of aromatic amines is 1. The van der Waals surface area contributed by atoms with Crippen molar-refractivity contribution in [3.05, 3.63) is 70.3 Å². The summed E-state index contributed by atoms with van der Waals surface area (Å²) in [6, 6.07) is 15.3. The lowest BCUT2D eigenvalue weighted by atomic mass is 10.1. The predicted octanol–water partition coefficient (Wildman–Crippen LogP) is 4.23. The second kappa shape index (κ2) is 7.92. The van der Waals surface area contributed by atoms with E-state index < -0.39 is 0 Å². The lowest BCUT2D eigenvalue weighted by Gasteiger charge is -2.07. The highest BCUT2D eigenvalue weighted by atomic mass is 32.1. The molecule has 2 N–H and O–H groups in total. The van der Waals surface area contributed by atoms with Crippen molar-refractivity contribution >= 4 is 18.1 Å². The highest BCUT2D eigenvalue weighted by molar-refractivity contribution is 7.71. The Hall–Kier alpha value is -3.59. The van der Waals surface area contributed by atoms with E-state index in [4.69, 9.17) is 16.6 Å². The predicted molar refractivity (Wildman–Crippen MR) is 117 cm³/mol. The van der Waals surface area contributed by atoms with E-state index in [9.17, 15) is 4.79 Å². The van der Waals surface area contributed by atoms with E-state index in [1.165, 1.54) is 0 Å². The molecule has 2 aromatic heterocycles. The fraction of sp³-hybridized carbons (Fsp3) is 0.227. The van der Waals surface area contributed by atoms with Crippen molar-refractivity contribution < 1.29 is 9.21 Å². The Kier molecular flexibility index (Phi) is 4.95. The average Bonchev–Trinajstić information content (AvgIpc) is 3.36. The minimum Gasteiger partial charge on any atom is -0.416 e. The standard InChI is InChI=1S/C22H20N6O2S/c1-13-3-2-4-16(11-13)21-26-25-20(30-21)15-7-5-14(6-8-15)19(29)23-12-18-24-27-22(31)28(18)17-9-10-17/h2-8,11,17H,9-10,12H2,1H3,(H,23,29)(H,27,31). The largest absolute Gasteiger partial charge is 0.416 e. The Morgan fingerprint density at radius 3 is 2.61 bits per heavy atom. The maximum absolute atomic E-state index is 12.6. The number of carbonyl (C=O) groups excluding carboxylic acids is 1. The Balaban J connectivity index is 1.27. The third kappa shape index (κ3) is 4.04. The SMILES string of the molecule is Cc1cccc(-c2nnc(-c3ccc(C(=O)NCc4n[nH]c(=S)n4C4CC4)cc3)o2)c1. The molecule has 0 saturated heterocycles. The van der Waals surface area contributed by atoms with Gasteiger partial charge in [-0.2, -0.15) is 5.10 Å². The minimum atomic E-state index is -0.186. The van der Waals surface area contributed by atoms with E-state index in [1.807, 2.05) is 35.8 Å². The molecule has 1 aliphatic carbocycles. The van der Waals surface area contributed by atoms with Crippen LogP contribution in [-0.4, -0.2) is 30.9 Å². The summed E-state index contributed by atoms with van der Waals surface area (Å²) in [6.45, 7) is 2.33. The molecular weight excluding hydrogens is 412 g/mol. The molecule has 9 heteroatoms. The normalized spacial score (nSPS) is 13.3. The van der Waals surface area contributed by atoms with Gasteiger partial charge in [-0.25, -0.2) is 0 Å². The number of hydrogen-bond donors (Lipinski definition) is 2. The molecule has 156 valence electrons. The summed E-state index contributed by atoms with van der Waals surface area (Å²) in [4.78, 5) is 12.6. The smallest absolute Gasteiger partial charge is 0.251 e. The van der Waals surface area contributed by atoms with Crippen LogP contribution in [0.4, 0.5) is 0 Å². The van der Waals surface area contributed by atoms with Crippen LogP contribution in [-0.2, 0) is 6.54 Å². The first-order valence-electron chi connectivity index (χ1n) is 10.0. The lowest BCUT2D eigenvalue weighted by Crippen LogP contribution is -2.24. The summed E-state index contributed by atoms with van der Waals surface area (Å²) in [5, 5.41) is 18.2. The van der Waals surface area contributed by atoms with Gasteiger partial charge < -0.3 is 9.73 Å². The lowest BCUT2D eigenvalue weighted by molar-refractivity contribution is 0.0949. The number of nitrogens with zero attached hydrogens (tertiary/aromatic N) is 4. The maximum Gasteiger partial charge on any atom is 0.251 e. The first-order valence-corrected chi connectivity index (χ1v) is 10.4. The molecule has 31 heavy (non-hydrogen) atoms. The zero-order valence-electron chi connectivity index (χ0n) is 16.8. The second-order valence-electron chi connectivity index (χ2n) is 7.59. The van der Waals surface area contributed by atoms with Gasteiger partial charge in [0.05, 0.1) is 6.54 Å². The molecule has 5 rings (SSSR count). The van der Waals surface area contributed by atoms with Crippen LogP contribution in [0.15, 0.2) is 52.9 Å². The van der Waals surface area contributed by atoms with Crippen molar-refractivity contribution in [2.24, 2.45) is 0 Å². The minimum absolute atomic E-state index is 0.186. The third-order valence-corrected chi connectivity index (χ3v) is 5.47. The summed E-state index contributed by atoms with van der Waals surface area (Å²) in [7, 11) is 0. The summed E-state index contributed by atoms with van der Waals surface area (Å²) < 4.78 is 8.40. The van der Waals surface area contributed by atoms with Crippen LogP contribution >= 0.6 is 12.2 Å². The summed E-state index contributed by atoms with van der Waals surface area (Å²) in [6.07, 6.45) is 2.19. The Labute approximate surface area is 183 Å². The highest BCUT2D eigenvalue weighted by Crippen LogP contribution is 2.35. The fourth-order valence-electron chi connectivity index (χ4n) is 3.43. The molecule has 1 fully saturated rings. The molecule has 2 aromatic carbocycles. The van der Waals surface area contributed by atoms with E-state index in [0.717, 1.165) is 35.4 Å². The van der Waals surface area contributed by atoms with Crippen molar-refractivity contribution in [2.75, 3.05) is 0 Å². The van der Waals surface area contributed by atoms with Gasteiger partial charge >= 0.3 is 0 Å². The van der Waals surface area contributed by atoms with Crippen molar-refractivity contribution in [3.8, 4) is 22.9 Å². The van der Waals surface area contributed by atoms with E-state index in [0.29, 0.717) is 34.7 Å². The number of rotatable bonds is 6. The summed E-state index contributed by atoms with van der Waals surface area (Å²) in [5.74, 6) is 1.42. The van der Waals surface area contributed by atoms with Crippen molar-refractivity contribution in [3.63, 3.8) is 0 Å². The van der Waals surface area contributed by atoms with E-state index in [2.05, 4.69) is 25.7 Å². The molecule has 0 atom stereocenters. The maximum atomic E-state index is 12.6. The quantitative estimate of drug-likeness (QED) is 0.442. The molecule has 4 aromatic rings. The highest BCUT2D eigenvalue weighted by Gasteiger charge is 2.27. The Morgan fingerprint density at radius 1 is 1.16 bits per heavy atom. The molecular formula is C22H20N6O2S. The molecule has 8 nitrogen and oxygen atoms in total. The molecule has 1 saturated carbocycles. The van der Waals surface area contributed by atoms with Gasteiger partial charge in [-0.05, 0) is 68.4 Å². The van der Waals surface area contributed by atoms with E-state index in [1.54, 1.807) is 24.3 Å². The number of aryl methyl sites for hydroxylation is 1. The van der Waals surface area contributed by atoms with Gasteiger partial charge in [0.15, 0.2) is 10.6 Å². The molecule has 2 heterocycles. The molecule has 0 unspecified atom stereocenters. The van der Waals surface area contributed by atoms with E-state index in [-0.39, 0.29) is 5.91 Å². The number of nitrogens with one attached hydrogen (secondary N) is 2. The van der Waals surface area contributed by atoms with Gasteiger partial charge in [-0.15, -0.1) is 10.2 Å². The molecule has 0 radical (unpaired) electrons. The number of amides is 1. The fourth-order valence-corrected chi connectivity index (χ4v) is 3.73. The first kappa shape index (κ1) is 19.4. The second-order valence-corrected chi connectivity index (χ2v) is 7.97. The monoisotopic (exact) mass is 432 g/mol. The summed E-state index contributed by atoms with van der Waals surface area (Å²) >= 11 is 5.27. The van der Waals surface area contributed by atoms with Gasteiger partial charge in [0.25, 0.3) is 5.91 Å². The summed E-state index contributed by atoms with van der Waals surface area (Å²) in [5.41, 5.74) is 3.28. The van der Waals surface area contributed by atoms with Crippen molar-refractivity contribution in [1.82, 2.24) is 30.3 Å². The molecule has 1 aliphatic rings. The molecule has 0 aliphatic heterocycles.